The first-order chi connectivity index (χ1) is 16.8. The van der Waals surface area contributed by atoms with Crippen LogP contribution in [0.15, 0.2) is 66.7 Å². The molecule has 0 N–H and O–H groups in total. The molecule has 0 saturated heterocycles. The van der Waals surface area contributed by atoms with E-state index in [0.29, 0.717) is 33.9 Å². The Morgan fingerprint density at radius 1 is 0.943 bits per heavy atom. The fourth-order valence-electron chi connectivity index (χ4n) is 3.84. The van der Waals surface area contributed by atoms with Gasteiger partial charge in [0.1, 0.15) is 11.3 Å². The highest BCUT2D eigenvalue weighted by atomic mass is 35.5. The zero-order valence-electron chi connectivity index (χ0n) is 19.1. The third-order valence-electron chi connectivity index (χ3n) is 5.54. The number of imide groups is 1. The summed E-state index contributed by atoms with van der Waals surface area (Å²) in [7, 11) is 0. The summed E-state index contributed by atoms with van der Waals surface area (Å²) in [4.78, 5) is 52.3. The quantitative estimate of drug-likeness (QED) is 0.251. The molecule has 0 fully saturated rings. The average Bonchev–Trinajstić information content (AvgIpc) is 3.09. The van der Waals surface area contributed by atoms with Gasteiger partial charge in [-0.25, -0.2) is 4.79 Å². The third-order valence-corrected chi connectivity index (χ3v) is 5.78. The fourth-order valence-corrected chi connectivity index (χ4v) is 4.03. The van der Waals surface area contributed by atoms with E-state index in [1.165, 1.54) is 19.1 Å². The molecule has 0 spiro atoms. The average molecular weight is 492 g/mol. The van der Waals surface area contributed by atoms with E-state index in [-0.39, 0.29) is 17.9 Å². The molecule has 178 valence electrons. The zero-order chi connectivity index (χ0) is 25.1. The monoisotopic (exact) mass is 491 g/mol. The number of benzene rings is 3. The molecule has 35 heavy (non-hydrogen) atoms. The number of carbonyl (C=O) groups excluding carboxylic acids is 4. The molecule has 1 aliphatic rings. The first-order valence-electron chi connectivity index (χ1n) is 11.0. The van der Waals surface area contributed by atoms with E-state index in [9.17, 15) is 19.2 Å². The molecule has 3 aromatic carbocycles. The van der Waals surface area contributed by atoms with Crippen LogP contribution in [0.1, 0.15) is 60.8 Å². The normalized spacial score (nSPS) is 13.4. The molecule has 0 aliphatic carbocycles. The van der Waals surface area contributed by atoms with E-state index in [1.54, 1.807) is 61.5 Å². The first kappa shape index (κ1) is 24.2. The van der Waals surface area contributed by atoms with Crippen molar-refractivity contribution in [1.29, 1.82) is 0 Å². The second kappa shape index (κ2) is 10.1. The van der Waals surface area contributed by atoms with E-state index in [1.807, 2.05) is 0 Å². The predicted octanol–water partition coefficient (Wildman–Crippen LogP) is 4.96. The molecule has 0 bridgehead atoms. The van der Waals surface area contributed by atoms with Crippen molar-refractivity contribution in [1.82, 2.24) is 4.90 Å². The SMILES string of the molecule is CCOc1ccc(CN2C(=O)c3ccccc3C2=O)cc1C(=O)OC(C)C(=O)c1cccc(Cl)c1. The first-order valence-corrected chi connectivity index (χ1v) is 11.4. The molecule has 4 rings (SSSR count). The van der Waals surface area contributed by atoms with E-state index in [0.717, 1.165) is 4.90 Å². The maximum atomic E-state index is 13.0. The maximum absolute atomic E-state index is 13.0. The Hall–Kier alpha value is -3.97. The fraction of sp³-hybridized carbons (Fsp3) is 0.185. The van der Waals surface area contributed by atoms with Gasteiger partial charge in [-0.1, -0.05) is 41.9 Å². The highest BCUT2D eigenvalue weighted by molar-refractivity contribution is 6.31. The third kappa shape index (κ3) is 4.95. The van der Waals surface area contributed by atoms with Crippen LogP contribution in [0.2, 0.25) is 5.02 Å². The van der Waals surface area contributed by atoms with Gasteiger partial charge >= 0.3 is 5.97 Å². The van der Waals surface area contributed by atoms with Gasteiger partial charge in [-0.05, 0) is 55.8 Å². The minimum atomic E-state index is -1.07. The number of ketones is 1. The van der Waals surface area contributed by atoms with Crippen molar-refractivity contribution in [3.63, 3.8) is 0 Å². The van der Waals surface area contributed by atoms with E-state index in [2.05, 4.69) is 0 Å². The van der Waals surface area contributed by atoms with Crippen molar-refractivity contribution in [2.75, 3.05) is 6.61 Å². The Labute approximate surface area is 207 Å². The summed E-state index contributed by atoms with van der Waals surface area (Å²) in [5.41, 5.74) is 1.63. The summed E-state index contributed by atoms with van der Waals surface area (Å²) in [6.07, 6.45) is -1.07. The number of hydrogen-bond acceptors (Lipinski definition) is 6. The molecular weight excluding hydrogens is 470 g/mol. The topological polar surface area (TPSA) is 90.0 Å². The summed E-state index contributed by atoms with van der Waals surface area (Å²) in [6.45, 7) is 3.52. The van der Waals surface area contributed by atoms with Gasteiger partial charge in [-0.3, -0.25) is 19.3 Å². The number of rotatable bonds is 8. The summed E-state index contributed by atoms with van der Waals surface area (Å²) >= 11 is 5.96. The number of Topliss-reactive ketones (excluding diaryl/α,β-unsaturated/α-hetero) is 1. The highest BCUT2D eigenvalue weighted by Gasteiger charge is 2.35. The Morgan fingerprint density at radius 3 is 2.26 bits per heavy atom. The minimum absolute atomic E-state index is 0.0317. The summed E-state index contributed by atoms with van der Waals surface area (Å²) in [5, 5.41) is 0.397. The lowest BCUT2D eigenvalue weighted by Gasteiger charge is -2.17. The molecule has 3 aromatic rings. The Bertz CT molecular complexity index is 1300. The Balaban J connectivity index is 1.55. The number of hydrogen-bond donors (Lipinski definition) is 0. The summed E-state index contributed by atoms with van der Waals surface area (Å²) < 4.78 is 11.0. The van der Waals surface area contributed by atoms with Crippen LogP contribution >= 0.6 is 11.6 Å². The Morgan fingerprint density at radius 2 is 1.63 bits per heavy atom. The number of carbonyl (C=O) groups is 4. The molecule has 0 radical (unpaired) electrons. The standard InChI is InChI=1S/C27H22ClNO6/c1-3-34-23-12-11-17(15-29-25(31)20-9-4-5-10-21(20)26(29)32)13-22(23)27(33)35-16(2)24(30)18-7-6-8-19(28)14-18/h4-14,16H,3,15H2,1-2H3. The molecule has 8 heteroatoms. The number of fused-ring (bicyclic) bond motifs is 1. The van der Waals surface area contributed by atoms with Gasteiger partial charge < -0.3 is 9.47 Å². The Kier molecular flexibility index (Phi) is 6.98. The van der Waals surface area contributed by atoms with Gasteiger partial charge in [-0.2, -0.15) is 0 Å². The number of ether oxygens (including phenoxy) is 2. The lowest BCUT2D eigenvalue weighted by Crippen LogP contribution is -2.29. The van der Waals surface area contributed by atoms with Crippen molar-refractivity contribution in [3.05, 3.63) is 99.6 Å². The van der Waals surface area contributed by atoms with Crippen LogP contribution in [-0.2, 0) is 11.3 Å². The van der Waals surface area contributed by atoms with Crippen molar-refractivity contribution < 1.29 is 28.7 Å². The predicted molar refractivity (Wildman–Crippen MR) is 129 cm³/mol. The van der Waals surface area contributed by atoms with Gasteiger partial charge in [0.05, 0.1) is 24.3 Å². The van der Waals surface area contributed by atoms with Crippen LogP contribution in [-0.4, -0.2) is 41.2 Å². The van der Waals surface area contributed by atoms with Crippen LogP contribution < -0.4 is 4.74 Å². The van der Waals surface area contributed by atoms with Gasteiger partial charge in [0.15, 0.2) is 6.10 Å². The molecular formula is C27H22ClNO6. The van der Waals surface area contributed by atoms with Crippen LogP contribution in [0.3, 0.4) is 0 Å². The van der Waals surface area contributed by atoms with Crippen molar-refractivity contribution in [2.24, 2.45) is 0 Å². The van der Waals surface area contributed by atoms with Crippen LogP contribution in [0.4, 0.5) is 0 Å². The molecule has 1 atom stereocenters. The molecule has 0 aromatic heterocycles. The van der Waals surface area contributed by atoms with Crippen LogP contribution in [0.25, 0.3) is 0 Å². The second-order valence-corrected chi connectivity index (χ2v) is 8.36. The minimum Gasteiger partial charge on any atom is -0.493 e. The lowest BCUT2D eigenvalue weighted by molar-refractivity contribution is 0.0315. The second-order valence-electron chi connectivity index (χ2n) is 7.93. The number of nitrogens with zero attached hydrogens (tertiary/aromatic N) is 1. The van der Waals surface area contributed by atoms with Gasteiger partial charge in [0.25, 0.3) is 11.8 Å². The molecule has 1 heterocycles. The van der Waals surface area contributed by atoms with Crippen molar-refractivity contribution in [3.8, 4) is 5.75 Å². The highest BCUT2D eigenvalue weighted by Crippen LogP contribution is 2.27. The smallest absolute Gasteiger partial charge is 0.342 e. The van der Waals surface area contributed by atoms with E-state index < -0.39 is 29.7 Å². The number of esters is 1. The van der Waals surface area contributed by atoms with Crippen molar-refractivity contribution in [2.45, 2.75) is 26.5 Å². The molecule has 0 saturated carbocycles. The zero-order valence-corrected chi connectivity index (χ0v) is 19.9. The van der Waals surface area contributed by atoms with E-state index >= 15 is 0 Å². The van der Waals surface area contributed by atoms with Gasteiger partial charge in [0, 0.05) is 10.6 Å². The largest absolute Gasteiger partial charge is 0.493 e. The summed E-state index contributed by atoms with van der Waals surface area (Å²) in [6, 6.07) is 17.7. The van der Waals surface area contributed by atoms with Gasteiger partial charge in [-0.15, -0.1) is 0 Å². The summed E-state index contributed by atoms with van der Waals surface area (Å²) in [5.74, 6) is -1.69. The lowest BCUT2D eigenvalue weighted by atomic mass is 10.1. The van der Waals surface area contributed by atoms with Crippen LogP contribution in [0.5, 0.6) is 5.75 Å². The molecule has 7 nitrogen and oxygen atoms in total. The van der Waals surface area contributed by atoms with Crippen molar-refractivity contribution >= 4 is 35.2 Å². The van der Waals surface area contributed by atoms with Gasteiger partial charge in [0.2, 0.25) is 5.78 Å². The van der Waals surface area contributed by atoms with Crippen LogP contribution in [0, 0.1) is 0 Å². The van der Waals surface area contributed by atoms with E-state index in [4.69, 9.17) is 21.1 Å². The number of amides is 2. The molecule has 1 aliphatic heterocycles. The maximum Gasteiger partial charge on any atom is 0.342 e. The molecule has 1 unspecified atom stereocenters. The molecule has 2 amide bonds. The number of halogens is 1.